The number of nitrogens with zero attached hydrogens (tertiary/aromatic N) is 4. The maximum atomic E-state index is 9.05. The van der Waals surface area contributed by atoms with Crippen molar-refractivity contribution in [2.24, 2.45) is 0 Å². The minimum Gasteiger partial charge on any atom is -0.462 e. The van der Waals surface area contributed by atoms with Gasteiger partial charge in [-0.25, -0.2) is 9.50 Å². The standard InChI is InChI=1S/C16H19N5O2/c22-11-14-2-1-13(23-14)10-20-7-5-12(9-20)18-15-3-4-16-17-6-8-21(16)19-15/h1-4,6,8,12,22H,5,7,9-11H2,(H,18,19). The van der Waals surface area contributed by atoms with E-state index < -0.39 is 0 Å². The number of nitrogens with one attached hydrogen (secondary N) is 1. The minimum absolute atomic E-state index is 0.0490. The van der Waals surface area contributed by atoms with E-state index in [9.17, 15) is 0 Å². The summed E-state index contributed by atoms with van der Waals surface area (Å²) in [5.74, 6) is 2.38. The summed E-state index contributed by atoms with van der Waals surface area (Å²) in [6, 6.07) is 8.05. The first-order chi connectivity index (χ1) is 11.3. The zero-order valence-corrected chi connectivity index (χ0v) is 12.7. The molecule has 2 N–H and O–H groups in total. The molecule has 0 spiro atoms. The molecule has 0 aromatic carbocycles. The first-order valence-corrected chi connectivity index (χ1v) is 7.78. The third-order valence-corrected chi connectivity index (χ3v) is 4.13. The average molecular weight is 313 g/mol. The Morgan fingerprint density at radius 2 is 2.17 bits per heavy atom. The van der Waals surface area contributed by atoms with Crippen LogP contribution in [0.3, 0.4) is 0 Å². The fourth-order valence-electron chi connectivity index (χ4n) is 3.01. The summed E-state index contributed by atoms with van der Waals surface area (Å²) in [6.07, 6.45) is 4.65. The summed E-state index contributed by atoms with van der Waals surface area (Å²) in [5.41, 5.74) is 0.848. The summed E-state index contributed by atoms with van der Waals surface area (Å²) in [5, 5.41) is 17.0. The molecule has 3 aromatic rings. The molecule has 1 aliphatic heterocycles. The molecule has 4 heterocycles. The third-order valence-electron chi connectivity index (χ3n) is 4.13. The van der Waals surface area contributed by atoms with Crippen molar-refractivity contribution in [2.45, 2.75) is 25.6 Å². The number of anilines is 1. The number of aliphatic hydroxyl groups excluding tert-OH is 1. The summed E-state index contributed by atoms with van der Waals surface area (Å²) >= 11 is 0. The molecule has 0 bridgehead atoms. The van der Waals surface area contributed by atoms with Gasteiger partial charge < -0.3 is 14.8 Å². The Morgan fingerprint density at radius 1 is 1.26 bits per heavy atom. The summed E-state index contributed by atoms with van der Waals surface area (Å²) < 4.78 is 7.33. The second-order valence-corrected chi connectivity index (χ2v) is 5.84. The van der Waals surface area contributed by atoms with Gasteiger partial charge in [0.1, 0.15) is 23.9 Å². The molecule has 1 saturated heterocycles. The molecule has 0 aliphatic carbocycles. The molecule has 23 heavy (non-hydrogen) atoms. The molecule has 120 valence electrons. The van der Waals surface area contributed by atoms with Crippen molar-refractivity contribution in [1.82, 2.24) is 19.5 Å². The van der Waals surface area contributed by atoms with Gasteiger partial charge in [0.25, 0.3) is 0 Å². The van der Waals surface area contributed by atoms with Gasteiger partial charge in [0.15, 0.2) is 5.65 Å². The van der Waals surface area contributed by atoms with E-state index in [0.717, 1.165) is 43.3 Å². The Morgan fingerprint density at radius 3 is 3.04 bits per heavy atom. The number of furan rings is 1. The Bertz CT molecular complexity index is 796. The highest BCUT2D eigenvalue weighted by atomic mass is 16.4. The first kappa shape index (κ1) is 14.2. The zero-order valence-electron chi connectivity index (χ0n) is 12.7. The van der Waals surface area contributed by atoms with Crippen LogP contribution in [-0.2, 0) is 13.2 Å². The molecule has 1 unspecified atom stereocenters. The normalized spacial score (nSPS) is 18.7. The maximum Gasteiger partial charge on any atom is 0.153 e. The van der Waals surface area contributed by atoms with Crippen LogP contribution >= 0.6 is 0 Å². The molecule has 7 nitrogen and oxygen atoms in total. The Kier molecular flexibility index (Phi) is 3.72. The van der Waals surface area contributed by atoms with Gasteiger partial charge in [0.2, 0.25) is 0 Å². The molecule has 1 atom stereocenters. The van der Waals surface area contributed by atoms with Crippen molar-refractivity contribution in [3.63, 3.8) is 0 Å². The SMILES string of the molecule is OCc1ccc(CN2CCC(Nc3ccc4nccn4n3)C2)o1. The van der Waals surface area contributed by atoms with Gasteiger partial charge in [-0.2, -0.15) is 0 Å². The number of imidazole rings is 1. The zero-order chi connectivity index (χ0) is 15.6. The monoisotopic (exact) mass is 313 g/mol. The smallest absolute Gasteiger partial charge is 0.153 e. The fraction of sp³-hybridized carbons (Fsp3) is 0.375. The summed E-state index contributed by atoms with van der Waals surface area (Å²) in [7, 11) is 0. The van der Waals surface area contributed by atoms with E-state index in [4.69, 9.17) is 9.52 Å². The van der Waals surface area contributed by atoms with Crippen molar-refractivity contribution in [2.75, 3.05) is 18.4 Å². The molecule has 0 saturated carbocycles. The lowest BCUT2D eigenvalue weighted by Gasteiger charge is -2.16. The average Bonchev–Trinajstić information content (AvgIpc) is 3.28. The second kappa shape index (κ2) is 6.02. The van der Waals surface area contributed by atoms with E-state index in [0.29, 0.717) is 11.8 Å². The van der Waals surface area contributed by atoms with Crippen molar-refractivity contribution in [1.29, 1.82) is 0 Å². The summed E-state index contributed by atoms with van der Waals surface area (Å²) in [4.78, 5) is 6.54. The number of hydrogen-bond acceptors (Lipinski definition) is 6. The number of rotatable bonds is 5. The molecule has 3 aromatic heterocycles. The van der Waals surface area contributed by atoms with Crippen molar-refractivity contribution < 1.29 is 9.52 Å². The number of likely N-dealkylation sites (tertiary alicyclic amines) is 1. The van der Waals surface area contributed by atoms with Crippen LogP contribution in [0.15, 0.2) is 41.1 Å². The Balaban J connectivity index is 1.36. The molecular formula is C16H19N5O2. The number of fused-ring (bicyclic) bond motifs is 1. The van der Waals surface area contributed by atoms with Gasteiger partial charge in [-0.05, 0) is 30.7 Å². The van der Waals surface area contributed by atoms with Crippen LogP contribution in [0.5, 0.6) is 0 Å². The van der Waals surface area contributed by atoms with Crippen molar-refractivity contribution >= 4 is 11.5 Å². The number of aliphatic hydroxyl groups is 1. The van der Waals surface area contributed by atoms with Gasteiger partial charge in [-0.1, -0.05) is 0 Å². The highest BCUT2D eigenvalue weighted by Gasteiger charge is 2.23. The maximum absolute atomic E-state index is 9.05. The molecule has 0 radical (unpaired) electrons. The van der Waals surface area contributed by atoms with E-state index in [1.807, 2.05) is 30.5 Å². The van der Waals surface area contributed by atoms with Crippen LogP contribution in [0.2, 0.25) is 0 Å². The Labute approximate surface area is 133 Å². The fourth-order valence-corrected chi connectivity index (χ4v) is 3.01. The lowest BCUT2D eigenvalue weighted by atomic mass is 10.2. The molecule has 0 amide bonds. The predicted molar refractivity (Wildman–Crippen MR) is 84.9 cm³/mol. The lowest BCUT2D eigenvalue weighted by Crippen LogP contribution is -2.26. The van der Waals surface area contributed by atoms with Crippen LogP contribution in [-0.4, -0.2) is 43.7 Å². The van der Waals surface area contributed by atoms with E-state index >= 15 is 0 Å². The van der Waals surface area contributed by atoms with E-state index in [1.165, 1.54) is 0 Å². The van der Waals surface area contributed by atoms with E-state index in [1.54, 1.807) is 10.7 Å². The molecular weight excluding hydrogens is 294 g/mol. The highest BCUT2D eigenvalue weighted by Crippen LogP contribution is 2.18. The van der Waals surface area contributed by atoms with Crippen molar-refractivity contribution in [3.05, 3.63) is 48.2 Å². The van der Waals surface area contributed by atoms with Gasteiger partial charge in [-0.3, -0.25) is 4.90 Å². The molecule has 1 aliphatic rings. The van der Waals surface area contributed by atoms with Crippen LogP contribution in [0, 0.1) is 0 Å². The van der Waals surface area contributed by atoms with Gasteiger partial charge in [0, 0.05) is 31.5 Å². The number of hydrogen-bond donors (Lipinski definition) is 2. The third kappa shape index (κ3) is 3.06. The van der Waals surface area contributed by atoms with Crippen LogP contribution < -0.4 is 5.32 Å². The topological polar surface area (TPSA) is 78.8 Å². The number of aromatic nitrogens is 3. The van der Waals surface area contributed by atoms with Crippen molar-refractivity contribution in [3.8, 4) is 0 Å². The van der Waals surface area contributed by atoms with Gasteiger partial charge in [-0.15, -0.1) is 5.10 Å². The molecule has 1 fully saturated rings. The Hall–Kier alpha value is -2.38. The predicted octanol–water partition coefficient (Wildman–Crippen LogP) is 1.50. The molecule has 4 rings (SSSR count). The minimum atomic E-state index is -0.0490. The molecule has 7 heteroatoms. The van der Waals surface area contributed by atoms with E-state index in [2.05, 4.69) is 20.3 Å². The van der Waals surface area contributed by atoms with Gasteiger partial charge >= 0.3 is 0 Å². The quantitative estimate of drug-likeness (QED) is 0.743. The highest BCUT2D eigenvalue weighted by molar-refractivity contribution is 5.44. The van der Waals surface area contributed by atoms with Crippen LogP contribution in [0.1, 0.15) is 17.9 Å². The summed E-state index contributed by atoms with van der Waals surface area (Å²) in [6.45, 7) is 2.68. The van der Waals surface area contributed by atoms with Gasteiger partial charge in [0.05, 0.1) is 6.54 Å². The second-order valence-electron chi connectivity index (χ2n) is 5.84. The first-order valence-electron chi connectivity index (χ1n) is 7.78. The largest absolute Gasteiger partial charge is 0.462 e. The van der Waals surface area contributed by atoms with Crippen LogP contribution in [0.25, 0.3) is 5.65 Å². The van der Waals surface area contributed by atoms with Crippen LogP contribution in [0.4, 0.5) is 5.82 Å². The lowest BCUT2D eigenvalue weighted by molar-refractivity contribution is 0.232. The van der Waals surface area contributed by atoms with E-state index in [-0.39, 0.29) is 6.61 Å².